The summed E-state index contributed by atoms with van der Waals surface area (Å²) in [5, 5.41) is 22.4. The van der Waals surface area contributed by atoms with Gasteiger partial charge in [0.25, 0.3) is 5.91 Å². The number of benzene rings is 7. The Bertz CT molecular complexity index is 6350. The predicted molar refractivity (Wildman–Crippen MR) is 549 cm³/mol. The molecule has 39 nitrogen and oxygen atoms in total. The van der Waals surface area contributed by atoms with Gasteiger partial charge in [-0.2, -0.15) is 0 Å². The number of hydroxylamine groups is 1. The van der Waals surface area contributed by atoms with Gasteiger partial charge in [0, 0.05) is 130 Å². The molecular formula is C101H124BrN11O28S5. The zero-order valence-corrected chi connectivity index (χ0v) is 87.7. The number of amides is 7. The lowest BCUT2D eigenvalue weighted by molar-refractivity contribution is -0.135. The van der Waals surface area contributed by atoms with Crippen molar-refractivity contribution in [3.05, 3.63) is 256 Å². The van der Waals surface area contributed by atoms with Crippen LogP contribution in [0.4, 0.5) is 40.1 Å². The summed E-state index contributed by atoms with van der Waals surface area (Å²) >= 11 is 3.36. The number of carbonyl (C=O) groups excluding carboxylic acids is 9. The third kappa shape index (κ3) is 28.9. The number of alkyl carbamates (subject to hydrolysis) is 4. The minimum atomic E-state index is -3.44. The van der Waals surface area contributed by atoms with Gasteiger partial charge in [-0.1, -0.05) is 192 Å². The standard InChI is InChI=1S/C24H26N2O6S.C23H25N3O6S.C19H26N2O6S.C14H18N2O4S.C11H20N2O4S.C10H9BrO2/c1-31-22(27)12-11-19-9-5-6-10-21(19)26-16-24(17-26)13-20(15-33(24,29)30)25-23(28)32-14-18-7-3-2-4-8-18;27-21(25-29)11-10-18-8-4-5-9-20(18)26-15-23(16-26)12-19(14-33(23,30)31)24-22(28)32-13-17-6-2-1-3-7-17;1-18(2,3)27-17(23)21-12-19(13-21)9-15(11-28(19,24)25)20-16(22)26-10-14-7-5-4-6-8-14;17-13(20-7-11-4-2-1-3-5-11)16-12-6-14(9-15-10-14)21(18,19)8-12;1-10(2,3)17-9(14)13-6-11(7-13)4-8(12)5-18(11,15)16;1-13-10(12)7-6-8-4-2-3-5-9(8)11/h2-12,20H,13-17H2,1H3,(H,25,28);1-11,19,29H,12-16H2,(H,24,28)(H,25,27);4-8,15H,9-13H2,1-3H3,(H,20,22);1-5,12,15H,6-10H2,(H,16,17);8H,4-7,12H2,1-3H3;2-7H,1H3/b12-11+;11-10+;;;;7-6+. The Morgan fingerprint density at radius 3 is 0.945 bits per heavy atom. The van der Waals surface area contributed by atoms with Gasteiger partial charge in [0.1, 0.15) is 56.6 Å². The van der Waals surface area contributed by atoms with Crippen LogP contribution in [0.2, 0.25) is 0 Å². The number of methoxy groups -OCH3 is 2. The van der Waals surface area contributed by atoms with E-state index in [1.165, 1.54) is 47.7 Å². The molecule has 10 heterocycles. The Morgan fingerprint density at radius 2 is 0.658 bits per heavy atom. The molecule has 5 spiro atoms. The number of hydrogen-bond acceptors (Lipinski definition) is 32. The van der Waals surface area contributed by atoms with Gasteiger partial charge in [0.05, 0.1) is 47.7 Å². The van der Waals surface area contributed by atoms with Gasteiger partial charge in [-0.25, -0.2) is 85.9 Å². The number of nitrogens with zero attached hydrogens (tertiary/aromatic N) is 4. The van der Waals surface area contributed by atoms with E-state index < -0.39 is 151 Å². The van der Waals surface area contributed by atoms with Crippen molar-refractivity contribution in [2.24, 2.45) is 5.73 Å². The first kappa shape index (κ1) is 112. The van der Waals surface area contributed by atoms with Crippen LogP contribution in [0.1, 0.15) is 113 Å². The summed E-state index contributed by atoms with van der Waals surface area (Å²) in [4.78, 5) is 112. The van der Waals surface area contributed by atoms with Crippen LogP contribution in [0.25, 0.3) is 18.2 Å². The van der Waals surface area contributed by atoms with E-state index in [1.807, 2.05) is 198 Å². The van der Waals surface area contributed by atoms with Gasteiger partial charge in [0.15, 0.2) is 49.2 Å². The van der Waals surface area contributed by atoms with Crippen LogP contribution in [0.15, 0.2) is 217 Å². The third-order valence-corrected chi connectivity index (χ3v) is 39.6. The van der Waals surface area contributed by atoms with Crippen molar-refractivity contribution in [3.63, 3.8) is 0 Å². The highest BCUT2D eigenvalue weighted by Gasteiger charge is 2.64. The Hall–Kier alpha value is -12.5. The second-order valence-electron chi connectivity index (χ2n) is 39.4. The summed E-state index contributed by atoms with van der Waals surface area (Å²) in [6, 6.07) is 57.3. The Balaban J connectivity index is 0.000000160. The summed E-state index contributed by atoms with van der Waals surface area (Å²) in [5.41, 5.74) is 13.6. The second kappa shape index (κ2) is 47.6. The van der Waals surface area contributed by atoms with Crippen molar-refractivity contribution < 1.29 is 128 Å². The van der Waals surface area contributed by atoms with Crippen LogP contribution in [0.5, 0.6) is 0 Å². The minimum absolute atomic E-state index is 0.00484. The van der Waals surface area contributed by atoms with E-state index in [-0.39, 0.29) is 106 Å². The number of esters is 2. The highest BCUT2D eigenvalue weighted by molar-refractivity contribution is 9.10. The zero-order valence-electron chi connectivity index (χ0n) is 82.1. The first-order chi connectivity index (χ1) is 68.9. The molecule has 9 N–H and O–H groups in total. The van der Waals surface area contributed by atoms with Crippen LogP contribution in [-0.2, 0) is 128 Å². The van der Waals surface area contributed by atoms with Crippen LogP contribution in [-0.4, -0.2) is 285 Å². The van der Waals surface area contributed by atoms with E-state index in [1.54, 1.807) is 65.8 Å². The lowest BCUT2D eigenvalue weighted by Crippen LogP contribution is -2.66. The molecule has 17 rings (SSSR count). The topological polar surface area (TPSA) is 530 Å². The van der Waals surface area contributed by atoms with Crippen molar-refractivity contribution in [1.82, 2.24) is 41.9 Å². The molecule has 10 saturated heterocycles. The molecule has 0 radical (unpaired) electrons. The summed E-state index contributed by atoms with van der Waals surface area (Å²) in [6.07, 6.45) is 7.21. The smallest absolute Gasteiger partial charge is 0.410 e. The number of rotatable bonds is 20. The molecule has 10 aliphatic rings. The van der Waals surface area contributed by atoms with E-state index in [0.717, 1.165) is 54.8 Å². The lowest BCUT2D eigenvalue weighted by Gasteiger charge is -2.48. The fourth-order valence-electron chi connectivity index (χ4n) is 18.5. The van der Waals surface area contributed by atoms with E-state index >= 15 is 0 Å². The molecule has 7 amide bonds. The van der Waals surface area contributed by atoms with Crippen LogP contribution in [0.3, 0.4) is 0 Å². The number of nitrogens with two attached hydrogens (primary N) is 1. The molecule has 146 heavy (non-hydrogen) atoms. The molecule has 0 aromatic heterocycles. The van der Waals surface area contributed by atoms with Gasteiger partial charge in [-0.15, -0.1) is 0 Å². The summed E-state index contributed by atoms with van der Waals surface area (Å²) in [7, 11) is -13.9. The number of anilines is 2. The first-order valence-electron chi connectivity index (χ1n) is 46.9. The molecule has 7 aromatic carbocycles. The van der Waals surface area contributed by atoms with Gasteiger partial charge >= 0.3 is 48.5 Å². The molecule has 0 aliphatic carbocycles. The van der Waals surface area contributed by atoms with Crippen LogP contribution >= 0.6 is 15.9 Å². The largest absolute Gasteiger partial charge is 0.466 e. The summed E-state index contributed by atoms with van der Waals surface area (Å²) in [6.45, 7) is 13.9. The molecule has 0 saturated carbocycles. The molecule has 45 heteroatoms. The van der Waals surface area contributed by atoms with E-state index in [9.17, 15) is 85.2 Å². The molecule has 0 bridgehead atoms. The van der Waals surface area contributed by atoms with Gasteiger partial charge in [-0.3, -0.25) is 10.0 Å². The fraction of sp³-hybridized carbons (Fsp3) is 0.436. The number of ether oxygens (including phenoxy) is 8. The maximum absolute atomic E-state index is 13.0. The monoisotopic (exact) mass is 2180 g/mol. The quantitative estimate of drug-likeness (QED) is 0.0116. The van der Waals surface area contributed by atoms with Gasteiger partial charge < -0.3 is 89.8 Å². The highest BCUT2D eigenvalue weighted by Crippen LogP contribution is 2.47. The normalized spacial score (nSPS) is 21.7. The minimum Gasteiger partial charge on any atom is -0.466 e. The van der Waals surface area contributed by atoms with Crippen LogP contribution in [0, 0.1) is 0 Å². The number of hydrogen-bond donors (Lipinski definition) is 8. The SMILES string of the molecule is CC(C)(C)OC(=O)N1CC2(CC(N)CS2(=O)=O)C1.CC(C)(C)OC(=O)N1CC2(CC(NC(=O)OCc3ccccc3)CS2(=O)=O)C1.COC(=O)/C=C/c1ccccc1Br.COC(=O)/C=C/c1ccccc1N1CC2(CC(NC(=O)OCc3ccccc3)CS2(=O)=O)C1.O=C(/C=C/c1ccccc1N1CC2(CC(NC(=O)OCc3ccccc3)CS2(=O)=O)C1)NO.O=C(NC1CC2(CNC2)S(=O)(=O)C1)OCc1ccccc1. The highest BCUT2D eigenvalue weighted by atomic mass is 79.9. The Labute approximate surface area is 858 Å². The maximum atomic E-state index is 13.0. The Morgan fingerprint density at radius 1 is 0.384 bits per heavy atom. The first-order valence-corrected chi connectivity index (χ1v) is 56.0. The second-order valence-corrected chi connectivity index (χ2v) is 52.4. The number of carbonyl (C=O) groups is 9. The molecule has 5 unspecified atom stereocenters. The van der Waals surface area contributed by atoms with Crippen LogP contribution < -0.4 is 47.6 Å². The van der Waals surface area contributed by atoms with Gasteiger partial charge in [0.2, 0.25) is 0 Å². The number of sulfone groups is 5. The van der Waals surface area contributed by atoms with Crippen molar-refractivity contribution in [3.8, 4) is 0 Å². The molecule has 10 fully saturated rings. The van der Waals surface area contributed by atoms with Crippen molar-refractivity contribution >= 4 is 149 Å². The molecule has 7 aromatic rings. The van der Waals surface area contributed by atoms with Gasteiger partial charge in [-0.05, 0) is 149 Å². The Kier molecular flexibility index (Phi) is 36.6. The van der Waals surface area contributed by atoms with Crippen molar-refractivity contribution in [1.29, 1.82) is 0 Å². The molecular weight excluding hydrogens is 2060 g/mol. The zero-order chi connectivity index (χ0) is 106. The molecule has 10 aliphatic heterocycles. The molecule has 788 valence electrons. The van der Waals surface area contributed by atoms with E-state index in [0.29, 0.717) is 65.0 Å². The van der Waals surface area contributed by atoms with E-state index in [2.05, 4.69) is 52.0 Å². The van der Waals surface area contributed by atoms with E-state index in [4.69, 9.17) is 39.4 Å². The van der Waals surface area contributed by atoms with Crippen molar-refractivity contribution in [2.75, 3.05) is 118 Å². The third-order valence-electron chi connectivity index (χ3n) is 25.9. The molecule has 5 atom stereocenters. The lowest BCUT2D eigenvalue weighted by atomic mass is 9.90. The summed E-state index contributed by atoms with van der Waals surface area (Å²) in [5.74, 6) is -1.84. The number of para-hydroxylation sites is 2. The number of nitrogens with one attached hydrogen (secondary N) is 6. The summed E-state index contributed by atoms with van der Waals surface area (Å²) < 4.78 is 162. The predicted octanol–water partition coefficient (Wildman–Crippen LogP) is 9.71. The average molecular weight is 2180 g/mol. The number of likely N-dealkylation sites (tertiary alicyclic amines) is 2. The average Bonchev–Trinajstić information content (AvgIpc) is 1.54. The number of halogens is 1. The maximum Gasteiger partial charge on any atom is 0.410 e. The van der Waals surface area contributed by atoms with Crippen molar-refractivity contribution in [2.45, 2.75) is 165 Å². The fourth-order valence-corrected chi connectivity index (χ4v) is 30.1.